The molecule has 2 rings (SSSR count). The van der Waals surface area contributed by atoms with Crippen molar-refractivity contribution in [3.8, 4) is 0 Å². The molecule has 0 aromatic heterocycles. The van der Waals surface area contributed by atoms with Crippen LogP contribution in [-0.2, 0) is 25.5 Å². The molecule has 23 heavy (non-hydrogen) atoms. The number of fused-ring (bicyclic) bond motifs is 1. The normalized spacial score (nSPS) is 18.2. The molecule has 2 atom stereocenters. The standard InChI is InChI=1S/C19H26O4/c1-12-6-7-13-8-9-14(10-15(12)13)16(11-17(20)22-4)19(2,3)18(21)23-5/h8-10,12,16H,6-7,11H2,1-5H3. The highest BCUT2D eigenvalue weighted by Gasteiger charge is 2.40. The summed E-state index contributed by atoms with van der Waals surface area (Å²) in [6.07, 6.45) is 2.41. The van der Waals surface area contributed by atoms with Gasteiger partial charge in [-0.25, -0.2) is 0 Å². The number of esters is 2. The Bertz CT molecular complexity index is 603. The number of hydrogen-bond donors (Lipinski definition) is 0. The number of ether oxygens (including phenoxy) is 2. The van der Waals surface area contributed by atoms with Crippen LogP contribution in [0.15, 0.2) is 18.2 Å². The molecular formula is C19H26O4. The van der Waals surface area contributed by atoms with E-state index < -0.39 is 5.41 Å². The zero-order valence-corrected chi connectivity index (χ0v) is 14.6. The summed E-state index contributed by atoms with van der Waals surface area (Å²) < 4.78 is 9.79. The lowest BCUT2D eigenvalue weighted by Gasteiger charge is -2.32. The summed E-state index contributed by atoms with van der Waals surface area (Å²) in [6.45, 7) is 5.86. The van der Waals surface area contributed by atoms with Crippen molar-refractivity contribution in [2.45, 2.75) is 51.9 Å². The van der Waals surface area contributed by atoms with Crippen LogP contribution in [0.5, 0.6) is 0 Å². The largest absolute Gasteiger partial charge is 0.469 e. The Morgan fingerprint density at radius 1 is 1.26 bits per heavy atom. The molecule has 0 saturated carbocycles. The van der Waals surface area contributed by atoms with Gasteiger partial charge >= 0.3 is 11.9 Å². The highest BCUT2D eigenvalue weighted by Crippen LogP contribution is 2.42. The van der Waals surface area contributed by atoms with Gasteiger partial charge in [0, 0.05) is 5.92 Å². The molecule has 1 aromatic carbocycles. The van der Waals surface area contributed by atoms with Crippen molar-refractivity contribution in [2.24, 2.45) is 5.41 Å². The van der Waals surface area contributed by atoms with E-state index >= 15 is 0 Å². The van der Waals surface area contributed by atoms with Gasteiger partial charge in [-0.05, 0) is 49.3 Å². The summed E-state index contributed by atoms with van der Waals surface area (Å²) in [5.74, 6) is -0.397. The molecule has 0 N–H and O–H groups in total. The second-order valence-corrected chi connectivity index (χ2v) is 6.94. The Morgan fingerprint density at radius 2 is 1.96 bits per heavy atom. The average Bonchev–Trinajstić information content (AvgIpc) is 2.91. The first kappa shape index (κ1) is 17.5. The molecule has 0 amide bonds. The topological polar surface area (TPSA) is 52.6 Å². The molecule has 0 heterocycles. The third-order valence-electron chi connectivity index (χ3n) is 5.13. The van der Waals surface area contributed by atoms with Crippen molar-refractivity contribution in [1.82, 2.24) is 0 Å². The number of rotatable bonds is 5. The van der Waals surface area contributed by atoms with Crippen molar-refractivity contribution >= 4 is 11.9 Å². The first-order valence-electron chi connectivity index (χ1n) is 8.09. The second-order valence-electron chi connectivity index (χ2n) is 6.94. The van der Waals surface area contributed by atoms with E-state index in [1.165, 1.54) is 25.3 Å². The van der Waals surface area contributed by atoms with Crippen molar-refractivity contribution in [3.63, 3.8) is 0 Å². The zero-order chi connectivity index (χ0) is 17.2. The molecule has 1 aromatic rings. The van der Waals surface area contributed by atoms with Gasteiger partial charge in [0.15, 0.2) is 0 Å². The fourth-order valence-electron chi connectivity index (χ4n) is 3.49. The fourth-order valence-corrected chi connectivity index (χ4v) is 3.49. The summed E-state index contributed by atoms with van der Waals surface area (Å²) in [4.78, 5) is 24.1. The molecule has 0 radical (unpaired) electrons. The van der Waals surface area contributed by atoms with Gasteiger partial charge in [-0.3, -0.25) is 9.59 Å². The van der Waals surface area contributed by atoms with Gasteiger partial charge < -0.3 is 9.47 Å². The van der Waals surface area contributed by atoms with Crippen LogP contribution in [0.4, 0.5) is 0 Å². The van der Waals surface area contributed by atoms with E-state index in [4.69, 9.17) is 9.47 Å². The third-order valence-corrected chi connectivity index (χ3v) is 5.13. The maximum Gasteiger partial charge on any atom is 0.311 e. The monoisotopic (exact) mass is 318 g/mol. The van der Waals surface area contributed by atoms with E-state index in [2.05, 4.69) is 19.1 Å². The third kappa shape index (κ3) is 3.41. The number of methoxy groups -OCH3 is 2. The molecule has 0 fully saturated rings. The number of carbonyl (C=O) groups excluding carboxylic acids is 2. The van der Waals surface area contributed by atoms with Crippen LogP contribution < -0.4 is 0 Å². The highest BCUT2D eigenvalue weighted by atomic mass is 16.5. The van der Waals surface area contributed by atoms with Gasteiger partial charge in [0.2, 0.25) is 0 Å². The van der Waals surface area contributed by atoms with Crippen LogP contribution in [-0.4, -0.2) is 26.2 Å². The Labute approximate surface area is 138 Å². The Kier molecular flexibility index (Phi) is 5.12. The summed E-state index contributed by atoms with van der Waals surface area (Å²) in [5, 5.41) is 0. The molecule has 1 aliphatic rings. The second kappa shape index (κ2) is 6.73. The molecule has 0 bridgehead atoms. The Hall–Kier alpha value is -1.84. The molecule has 4 heteroatoms. The minimum Gasteiger partial charge on any atom is -0.469 e. The highest BCUT2D eigenvalue weighted by molar-refractivity contribution is 5.79. The summed E-state index contributed by atoms with van der Waals surface area (Å²) in [5.41, 5.74) is 2.89. The molecule has 2 unspecified atom stereocenters. The summed E-state index contributed by atoms with van der Waals surface area (Å²) >= 11 is 0. The van der Waals surface area contributed by atoms with Crippen LogP contribution in [0.25, 0.3) is 0 Å². The predicted molar refractivity (Wildman–Crippen MR) is 88.3 cm³/mol. The lowest BCUT2D eigenvalue weighted by Crippen LogP contribution is -2.34. The van der Waals surface area contributed by atoms with Gasteiger partial charge in [-0.2, -0.15) is 0 Å². The van der Waals surface area contributed by atoms with E-state index in [1.807, 2.05) is 19.9 Å². The summed E-state index contributed by atoms with van der Waals surface area (Å²) in [6, 6.07) is 6.33. The van der Waals surface area contributed by atoms with Crippen LogP contribution in [0, 0.1) is 5.41 Å². The van der Waals surface area contributed by atoms with E-state index in [-0.39, 0.29) is 24.3 Å². The van der Waals surface area contributed by atoms with Gasteiger partial charge in [0.05, 0.1) is 26.1 Å². The minimum absolute atomic E-state index is 0.158. The lowest BCUT2D eigenvalue weighted by atomic mass is 9.72. The van der Waals surface area contributed by atoms with Gasteiger partial charge in [0.25, 0.3) is 0 Å². The Balaban J connectivity index is 2.43. The van der Waals surface area contributed by atoms with Crippen molar-refractivity contribution < 1.29 is 19.1 Å². The number of aryl methyl sites for hydroxylation is 1. The minimum atomic E-state index is -0.807. The summed E-state index contributed by atoms with van der Waals surface area (Å²) in [7, 11) is 2.75. The zero-order valence-electron chi connectivity index (χ0n) is 14.6. The van der Waals surface area contributed by atoms with E-state index in [1.54, 1.807) is 0 Å². The van der Waals surface area contributed by atoms with E-state index in [9.17, 15) is 9.59 Å². The van der Waals surface area contributed by atoms with Crippen LogP contribution in [0.2, 0.25) is 0 Å². The average molecular weight is 318 g/mol. The molecule has 4 nitrogen and oxygen atoms in total. The number of benzene rings is 1. The molecule has 1 aliphatic carbocycles. The fraction of sp³-hybridized carbons (Fsp3) is 0.579. The van der Waals surface area contributed by atoms with Crippen LogP contribution in [0.3, 0.4) is 0 Å². The van der Waals surface area contributed by atoms with Gasteiger partial charge in [-0.1, -0.05) is 25.1 Å². The van der Waals surface area contributed by atoms with Gasteiger partial charge in [-0.15, -0.1) is 0 Å². The molecule has 0 spiro atoms. The van der Waals surface area contributed by atoms with Crippen LogP contribution >= 0.6 is 0 Å². The van der Waals surface area contributed by atoms with Gasteiger partial charge in [0.1, 0.15) is 0 Å². The smallest absolute Gasteiger partial charge is 0.311 e. The predicted octanol–water partition coefficient (Wildman–Crippen LogP) is 3.58. The molecular weight excluding hydrogens is 292 g/mol. The SMILES string of the molecule is COC(=O)CC(c1ccc2c(c1)C(C)CC2)C(C)(C)C(=O)OC. The molecule has 126 valence electrons. The molecule has 0 saturated heterocycles. The maximum atomic E-state index is 12.2. The number of hydrogen-bond acceptors (Lipinski definition) is 4. The van der Waals surface area contributed by atoms with Crippen LogP contribution in [0.1, 0.15) is 62.1 Å². The van der Waals surface area contributed by atoms with E-state index in [0.717, 1.165) is 18.4 Å². The maximum absolute atomic E-state index is 12.2. The van der Waals surface area contributed by atoms with E-state index in [0.29, 0.717) is 5.92 Å². The quantitative estimate of drug-likeness (QED) is 0.779. The lowest BCUT2D eigenvalue weighted by molar-refractivity contribution is -0.153. The van der Waals surface area contributed by atoms with Crippen molar-refractivity contribution in [3.05, 3.63) is 34.9 Å². The van der Waals surface area contributed by atoms with Crippen molar-refractivity contribution in [1.29, 1.82) is 0 Å². The first-order valence-corrected chi connectivity index (χ1v) is 8.09. The first-order chi connectivity index (χ1) is 10.8. The number of carbonyl (C=O) groups is 2. The van der Waals surface area contributed by atoms with Crippen molar-refractivity contribution in [2.75, 3.05) is 14.2 Å². The molecule has 0 aliphatic heterocycles. The Morgan fingerprint density at radius 3 is 2.57 bits per heavy atom.